The highest BCUT2D eigenvalue weighted by Gasteiger charge is 1.99. The predicted molar refractivity (Wildman–Crippen MR) is 63.5 cm³/mol. The van der Waals surface area contributed by atoms with Crippen molar-refractivity contribution in [3.63, 3.8) is 0 Å². The van der Waals surface area contributed by atoms with Crippen LogP contribution in [0, 0.1) is 0 Å². The molecule has 0 aliphatic rings. The maximum Gasteiger partial charge on any atom is 0.240 e. The van der Waals surface area contributed by atoms with E-state index < -0.39 is 0 Å². The van der Waals surface area contributed by atoms with Crippen LogP contribution in [0.2, 0.25) is 5.15 Å². The minimum absolute atomic E-state index is 0.365. The first-order valence-electron chi connectivity index (χ1n) is 4.76. The van der Waals surface area contributed by atoms with Gasteiger partial charge in [-0.05, 0) is 30.3 Å². The second kappa shape index (κ2) is 5.25. The lowest BCUT2D eigenvalue weighted by Gasteiger charge is -2.04. The van der Waals surface area contributed by atoms with Gasteiger partial charge in [0.25, 0.3) is 0 Å². The standard InChI is InChI=1S/C12H7ClN2O2/c13-11-2-1-3-12(15-11)17-10-6-4-9(5-7-10)14-8-16/h1-7H. The van der Waals surface area contributed by atoms with Gasteiger partial charge in [0.2, 0.25) is 12.0 Å². The van der Waals surface area contributed by atoms with Crippen LogP contribution in [-0.2, 0) is 4.79 Å². The first kappa shape index (κ1) is 11.3. The van der Waals surface area contributed by atoms with Gasteiger partial charge in [-0.3, -0.25) is 0 Å². The van der Waals surface area contributed by atoms with E-state index in [4.69, 9.17) is 16.3 Å². The van der Waals surface area contributed by atoms with Gasteiger partial charge in [-0.25, -0.2) is 9.78 Å². The number of ether oxygens (including phenoxy) is 1. The molecule has 0 fully saturated rings. The summed E-state index contributed by atoms with van der Waals surface area (Å²) in [5, 5.41) is 0.365. The van der Waals surface area contributed by atoms with Crippen molar-refractivity contribution >= 4 is 23.4 Å². The van der Waals surface area contributed by atoms with Crippen molar-refractivity contribution < 1.29 is 9.53 Å². The lowest BCUT2D eigenvalue weighted by molar-refractivity contribution is 0.463. The maximum atomic E-state index is 10.0. The zero-order valence-electron chi connectivity index (χ0n) is 8.63. The molecular formula is C12H7ClN2O2. The fourth-order valence-corrected chi connectivity index (χ4v) is 1.36. The second-order valence-electron chi connectivity index (χ2n) is 3.10. The zero-order valence-corrected chi connectivity index (χ0v) is 9.39. The average molecular weight is 247 g/mol. The Morgan fingerprint density at radius 1 is 1.18 bits per heavy atom. The molecule has 0 saturated carbocycles. The molecule has 0 aliphatic carbocycles. The highest BCUT2D eigenvalue weighted by Crippen LogP contribution is 2.23. The van der Waals surface area contributed by atoms with Crippen molar-refractivity contribution in [2.75, 3.05) is 0 Å². The van der Waals surface area contributed by atoms with Crippen molar-refractivity contribution in [3.8, 4) is 11.6 Å². The lowest BCUT2D eigenvalue weighted by atomic mass is 10.3. The van der Waals surface area contributed by atoms with Crippen LogP contribution in [0.25, 0.3) is 0 Å². The lowest BCUT2D eigenvalue weighted by Crippen LogP contribution is -1.86. The summed E-state index contributed by atoms with van der Waals surface area (Å²) in [5.74, 6) is 0.994. The molecule has 0 aliphatic heterocycles. The van der Waals surface area contributed by atoms with E-state index in [0.717, 1.165) is 0 Å². The number of nitrogens with zero attached hydrogens (tertiary/aromatic N) is 2. The number of isocyanates is 1. The molecule has 1 heterocycles. The smallest absolute Gasteiger partial charge is 0.240 e. The largest absolute Gasteiger partial charge is 0.439 e. The first-order chi connectivity index (χ1) is 8.28. The Labute approximate surface area is 103 Å². The summed E-state index contributed by atoms with van der Waals surface area (Å²) >= 11 is 5.73. The zero-order chi connectivity index (χ0) is 12.1. The van der Waals surface area contributed by atoms with E-state index in [1.807, 2.05) is 0 Å². The molecule has 2 rings (SSSR count). The Morgan fingerprint density at radius 2 is 1.94 bits per heavy atom. The van der Waals surface area contributed by atoms with Crippen LogP contribution >= 0.6 is 11.6 Å². The molecule has 0 atom stereocenters. The molecule has 0 radical (unpaired) electrons. The topological polar surface area (TPSA) is 51.5 Å². The Hall–Kier alpha value is -2.16. The van der Waals surface area contributed by atoms with Crippen molar-refractivity contribution in [1.82, 2.24) is 4.98 Å². The van der Waals surface area contributed by atoms with Gasteiger partial charge >= 0.3 is 0 Å². The number of hydrogen-bond donors (Lipinski definition) is 0. The van der Waals surface area contributed by atoms with E-state index in [1.165, 1.54) is 6.08 Å². The van der Waals surface area contributed by atoms with Crippen LogP contribution < -0.4 is 4.74 Å². The third kappa shape index (κ3) is 3.14. The van der Waals surface area contributed by atoms with Crippen LogP contribution in [0.1, 0.15) is 0 Å². The SMILES string of the molecule is O=C=Nc1ccc(Oc2cccc(Cl)n2)cc1. The van der Waals surface area contributed by atoms with Crippen LogP contribution in [0.4, 0.5) is 5.69 Å². The summed E-state index contributed by atoms with van der Waals surface area (Å²) in [7, 11) is 0. The van der Waals surface area contributed by atoms with Gasteiger partial charge in [-0.2, -0.15) is 4.99 Å². The summed E-state index contributed by atoms with van der Waals surface area (Å²) in [5.41, 5.74) is 0.520. The van der Waals surface area contributed by atoms with Crippen molar-refractivity contribution in [2.45, 2.75) is 0 Å². The van der Waals surface area contributed by atoms with E-state index in [2.05, 4.69) is 9.98 Å². The number of halogens is 1. The molecule has 84 valence electrons. The van der Waals surface area contributed by atoms with Crippen LogP contribution in [0.15, 0.2) is 47.5 Å². The second-order valence-corrected chi connectivity index (χ2v) is 3.48. The van der Waals surface area contributed by atoms with Crippen LogP contribution in [0.5, 0.6) is 11.6 Å². The van der Waals surface area contributed by atoms with Gasteiger partial charge in [0.15, 0.2) is 0 Å². The van der Waals surface area contributed by atoms with Gasteiger partial charge < -0.3 is 4.74 Å². The third-order valence-corrected chi connectivity index (χ3v) is 2.13. The minimum atomic E-state index is 0.365. The monoisotopic (exact) mass is 246 g/mol. The molecule has 1 aromatic heterocycles. The number of carbonyl (C=O) groups excluding carboxylic acids is 1. The van der Waals surface area contributed by atoms with E-state index in [0.29, 0.717) is 22.5 Å². The first-order valence-corrected chi connectivity index (χ1v) is 5.14. The Bertz CT molecular complexity index is 563. The van der Waals surface area contributed by atoms with Gasteiger partial charge in [0.1, 0.15) is 10.9 Å². The third-order valence-electron chi connectivity index (χ3n) is 1.92. The molecule has 17 heavy (non-hydrogen) atoms. The van der Waals surface area contributed by atoms with Crippen LogP contribution in [0.3, 0.4) is 0 Å². The predicted octanol–water partition coefficient (Wildman–Crippen LogP) is 3.49. The number of pyridine rings is 1. The number of rotatable bonds is 3. The Kier molecular flexibility index (Phi) is 3.50. The molecule has 2 aromatic rings. The molecule has 0 saturated heterocycles. The Morgan fingerprint density at radius 3 is 2.59 bits per heavy atom. The summed E-state index contributed by atoms with van der Waals surface area (Å²) in [6.07, 6.45) is 1.47. The number of hydrogen-bond acceptors (Lipinski definition) is 4. The van der Waals surface area contributed by atoms with E-state index in [9.17, 15) is 4.79 Å². The van der Waals surface area contributed by atoms with Crippen LogP contribution in [-0.4, -0.2) is 11.1 Å². The minimum Gasteiger partial charge on any atom is -0.439 e. The molecule has 5 heteroatoms. The highest BCUT2D eigenvalue weighted by molar-refractivity contribution is 6.29. The van der Waals surface area contributed by atoms with Crippen molar-refractivity contribution in [2.24, 2.45) is 4.99 Å². The van der Waals surface area contributed by atoms with Gasteiger partial charge in [-0.1, -0.05) is 17.7 Å². The molecule has 4 nitrogen and oxygen atoms in total. The number of benzene rings is 1. The molecule has 0 bridgehead atoms. The van der Waals surface area contributed by atoms with E-state index in [1.54, 1.807) is 42.5 Å². The van der Waals surface area contributed by atoms with Crippen molar-refractivity contribution in [1.29, 1.82) is 0 Å². The van der Waals surface area contributed by atoms with Crippen molar-refractivity contribution in [3.05, 3.63) is 47.6 Å². The fourth-order valence-electron chi connectivity index (χ4n) is 1.21. The molecule has 0 N–H and O–H groups in total. The Balaban J connectivity index is 2.16. The number of aromatic nitrogens is 1. The van der Waals surface area contributed by atoms with E-state index >= 15 is 0 Å². The quantitative estimate of drug-likeness (QED) is 0.473. The molecule has 0 spiro atoms. The summed E-state index contributed by atoms with van der Waals surface area (Å²) in [6, 6.07) is 11.8. The molecule has 0 amide bonds. The highest BCUT2D eigenvalue weighted by atomic mass is 35.5. The van der Waals surface area contributed by atoms with Gasteiger partial charge in [0.05, 0.1) is 5.69 Å². The molecule has 1 aromatic carbocycles. The summed E-state index contributed by atoms with van der Waals surface area (Å²) in [6.45, 7) is 0. The fraction of sp³-hybridized carbons (Fsp3) is 0. The van der Waals surface area contributed by atoms with Gasteiger partial charge in [-0.15, -0.1) is 0 Å². The summed E-state index contributed by atoms with van der Waals surface area (Å²) in [4.78, 5) is 17.5. The molecule has 0 unspecified atom stereocenters. The normalized spacial score (nSPS) is 9.47. The van der Waals surface area contributed by atoms with Gasteiger partial charge in [0, 0.05) is 6.07 Å². The maximum absolute atomic E-state index is 10.0. The average Bonchev–Trinajstić information content (AvgIpc) is 2.32. The molecular weight excluding hydrogens is 240 g/mol. The number of aliphatic imine (C=N–C) groups is 1. The summed E-state index contributed by atoms with van der Waals surface area (Å²) < 4.78 is 5.46. The van der Waals surface area contributed by atoms with E-state index in [-0.39, 0.29) is 0 Å².